The highest BCUT2D eigenvalue weighted by molar-refractivity contribution is 7.89. The monoisotopic (exact) mass is 696 g/mol. The van der Waals surface area contributed by atoms with Crippen molar-refractivity contribution in [1.29, 1.82) is 0 Å². The second-order valence-electron chi connectivity index (χ2n) is 10.4. The van der Waals surface area contributed by atoms with Gasteiger partial charge in [0.1, 0.15) is 12.6 Å². The number of piperazine rings is 1. The molecule has 1 saturated heterocycles. The van der Waals surface area contributed by atoms with Crippen molar-refractivity contribution < 1.29 is 31.1 Å². The average Bonchev–Trinajstić information content (AvgIpc) is 3.09. The van der Waals surface area contributed by atoms with Crippen LogP contribution in [0.4, 0.5) is 0 Å². The van der Waals surface area contributed by atoms with Gasteiger partial charge in [-0.3, -0.25) is 4.79 Å². The van der Waals surface area contributed by atoms with E-state index in [4.69, 9.17) is 21.1 Å². The van der Waals surface area contributed by atoms with Crippen LogP contribution in [-0.4, -0.2) is 69.9 Å². The maximum atomic E-state index is 13.6. The third kappa shape index (κ3) is 8.18. The van der Waals surface area contributed by atoms with E-state index < -0.39 is 38.5 Å². The predicted octanol–water partition coefficient (Wildman–Crippen LogP) is 4.53. The Balaban J connectivity index is 1.34. The molecule has 5 rings (SSSR count). The average molecular weight is 697 g/mol. The molecular formula is C33H33ClN4O7S2. The number of benzene rings is 4. The first-order valence-electron chi connectivity index (χ1n) is 14.7. The molecule has 0 aromatic heterocycles. The molecule has 1 aliphatic heterocycles. The number of rotatable bonds is 12. The van der Waals surface area contributed by atoms with Gasteiger partial charge >= 0.3 is 0 Å². The van der Waals surface area contributed by atoms with Crippen molar-refractivity contribution in [2.75, 3.05) is 26.2 Å². The van der Waals surface area contributed by atoms with Gasteiger partial charge in [0.25, 0.3) is 5.91 Å². The number of hydrazone groups is 1. The third-order valence-electron chi connectivity index (χ3n) is 7.29. The zero-order valence-electron chi connectivity index (χ0n) is 25.4. The highest BCUT2D eigenvalue weighted by Gasteiger charge is 2.43. The summed E-state index contributed by atoms with van der Waals surface area (Å²) in [6.45, 7) is 1.73. The Kier molecular flexibility index (Phi) is 10.9. The van der Waals surface area contributed by atoms with E-state index in [1.807, 2.05) is 19.1 Å². The molecule has 0 saturated carbocycles. The number of halogens is 1. The Morgan fingerprint density at radius 2 is 1.49 bits per heavy atom. The van der Waals surface area contributed by atoms with Gasteiger partial charge in [-0.1, -0.05) is 60.1 Å². The number of amides is 1. The highest BCUT2D eigenvalue weighted by atomic mass is 35.5. The fourth-order valence-electron chi connectivity index (χ4n) is 4.91. The van der Waals surface area contributed by atoms with Crippen LogP contribution in [0.5, 0.6) is 11.5 Å². The number of carbonyl (C=O) groups is 1. The summed E-state index contributed by atoms with van der Waals surface area (Å²) in [5.74, 6) is 0.180. The predicted molar refractivity (Wildman–Crippen MR) is 178 cm³/mol. The van der Waals surface area contributed by atoms with Gasteiger partial charge in [0, 0.05) is 24.7 Å². The van der Waals surface area contributed by atoms with Crippen molar-refractivity contribution >= 4 is 43.8 Å². The number of nitrogens with one attached hydrogen (secondary N) is 1. The molecule has 0 aliphatic carbocycles. The van der Waals surface area contributed by atoms with E-state index in [9.17, 15) is 21.6 Å². The van der Waals surface area contributed by atoms with Crippen LogP contribution < -0.4 is 14.9 Å². The van der Waals surface area contributed by atoms with E-state index in [-0.39, 0.29) is 22.9 Å². The molecule has 1 fully saturated rings. The molecule has 1 amide bonds. The van der Waals surface area contributed by atoms with Gasteiger partial charge < -0.3 is 9.47 Å². The molecule has 1 heterocycles. The molecule has 0 radical (unpaired) electrons. The topological polar surface area (TPSA) is 135 Å². The van der Waals surface area contributed by atoms with Crippen molar-refractivity contribution in [2.24, 2.45) is 5.10 Å². The van der Waals surface area contributed by atoms with Crippen LogP contribution in [0, 0.1) is 0 Å². The number of ether oxygens (including phenoxy) is 2. The first-order chi connectivity index (χ1) is 22.6. The SMILES string of the molecule is CCOc1cc(/C=N\NC(=O)[C@@H]2CN(S(=O)(=O)c3ccccc3)CCN2S(=O)(=O)c2ccccc2)ccc1OCc1ccc(Cl)cc1. The molecular weight excluding hydrogens is 664 g/mol. The molecule has 47 heavy (non-hydrogen) atoms. The van der Waals surface area contributed by atoms with Crippen molar-refractivity contribution in [3.8, 4) is 11.5 Å². The lowest BCUT2D eigenvalue weighted by molar-refractivity contribution is -0.125. The van der Waals surface area contributed by atoms with Gasteiger partial charge in [-0.15, -0.1) is 0 Å². The van der Waals surface area contributed by atoms with Crippen molar-refractivity contribution in [2.45, 2.75) is 29.4 Å². The summed E-state index contributed by atoms with van der Waals surface area (Å²) in [6, 6.07) is 26.5. The van der Waals surface area contributed by atoms with Crippen LogP contribution >= 0.6 is 11.6 Å². The van der Waals surface area contributed by atoms with Gasteiger partial charge in [-0.05, 0) is 72.6 Å². The second kappa shape index (κ2) is 15.1. The summed E-state index contributed by atoms with van der Waals surface area (Å²) < 4.78 is 67.9. The second-order valence-corrected chi connectivity index (χ2v) is 14.7. The molecule has 4 aromatic carbocycles. The quantitative estimate of drug-likeness (QED) is 0.170. The number of nitrogens with zero attached hydrogens (tertiary/aromatic N) is 3. The fourth-order valence-corrected chi connectivity index (χ4v) is 8.09. The molecule has 1 N–H and O–H groups in total. The summed E-state index contributed by atoms with van der Waals surface area (Å²) in [7, 11) is -8.15. The summed E-state index contributed by atoms with van der Waals surface area (Å²) in [4.78, 5) is 13.6. The Labute approximate surface area is 279 Å². The Morgan fingerprint density at radius 1 is 0.851 bits per heavy atom. The van der Waals surface area contributed by atoms with Crippen LogP contribution in [0.15, 0.2) is 118 Å². The van der Waals surface area contributed by atoms with Crippen LogP contribution in [0.3, 0.4) is 0 Å². The van der Waals surface area contributed by atoms with E-state index >= 15 is 0 Å². The van der Waals surface area contributed by atoms with Gasteiger partial charge in [-0.25, -0.2) is 22.3 Å². The first kappa shape index (κ1) is 34.1. The number of sulfonamides is 2. The molecule has 0 unspecified atom stereocenters. The maximum absolute atomic E-state index is 13.6. The molecule has 0 bridgehead atoms. The van der Waals surface area contributed by atoms with E-state index in [0.717, 1.165) is 14.2 Å². The molecule has 1 aliphatic rings. The maximum Gasteiger partial charge on any atom is 0.259 e. The molecule has 14 heteroatoms. The zero-order valence-corrected chi connectivity index (χ0v) is 27.8. The van der Waals surface area contributed by atoms with Gasteiger partial charge in [0.05, 0.1) is 22.6 Å². The molecule has 1 atom stereocenters. The van der Waals surface area contributed by atoms with E-state index in [2.05, 4.69) is 10.5 Å². The molecule has 11 nitrogen and oxygen atoms in total. The highest BCUT2D eigenvalue weighted by Crippen LogP contribution is 2.29. The fraction of sp³-hybridized carbons (Fsp3) is 0.212. The third-order valence-corrected chi connectivity index (χ3v) is 11.3. The van der Waals surface area contributed by atoms with Crippen molar-refractivity contribution in [3.63, 3.8) is 0 Å². The lowest BCUT2D eigenvalue weighted by Crippen LogP contribution is -2.60. The summed E-state index contributed by atoms with van der Waals surface area (Å²) in [5.41, 5.74) is 3.89. The number of hydrogen-bond donors (Lipinski definition) is 1. The lowest BCUT2D eigenvalue weighted by Gasteiger charge is -2.38. The normalized spacial score (nSPS) is 16.2. The van der Waals surface area contributed by atoms with Crippen LogP contribution in [0.1, 0.15) is 18.1 Å². The van der Waals surface area contributed by atoms with E-state index in [0.29, 0.717) is 35.3 Å². The minimum absolute atomic E-state index is 0.0116. The summed E-state index contributed by atoms with van der Waals surface area (Å²) in [6.07, 6.45) is 1.38. The minimum Gasteiger partial charge on any atom is -0.490 e. The van der Waals surface area contributed by atoms with E-state index in [1.54, 1.807) is 66.7 Å². The molecule has 4 aromatic rings. The minimum atomic E-state index is -4.15. The Hall–Kier alpha value is -4.27. The summed E-state index contributed by atoms with van der Waals surface area (Å²) >= 11 is 5.96. The smallest absolute Gasteiger partial charge is 0.259 e. The Morgan fingerprint density at radius 3 is 2.13 bits per heavy atom. The van der Waals surface area contributed by atoms with Crippen LogP contribution in [0.25, 0.3) is 0 Å². The lowest BCUT2D eigenvalue weighted by atomic mass is 10.2. The first-order valence-corrected chi connectivity index (χ1v) is 17.9. The standard InChI is InChI=1S/C33H33ClN4O7S2/c1-2-44-32-21-26(15-18-31(32)45-24-25-13-16-27(34)17-14-25)22-35-36-33(39)30-23-37(46(40,41)28-9-5-3-6-10-28)19-20-38(30)47(42,43)29-11-7-4-8-12-29/h3-18,21-22,30H,2,19-20,23-24H2,1H3,(H,36,39)/b35-22-/t30-/m0/s1. The summed E-state index contributed by atoms with van der Waals surface area (Å²) in [5, 5.41) is 4.69. The van der Waals surface area contributed by atoms with Crippen LogP contribution in [-0.2, 0) is 31.4 Å². The number of hydrogen-bond acceptors (Lipinski definition) is 8. The van der Waals surface area contributed by atoms with Gasteiger partial charge in [0.2, 0.25) is 20.0 Å². The molecule has 246 valence electrons. The van der Waals surface area contributed by atoms with Crippen molar-refractivity contribution in [3.05, 3.63) is 119 Å². The Bertz CT molecular complexity index is 1930. The zero-order chi connectivity index (χ0) is 33.4. The van der Waals surface area contributed by atoms with Gasteiger partial charge in [-0.2, -0.15) is 13.7 Å². The van der Waals surface area contributed by atoms with Gasteiger partial charge in [0.15, 0.2) is 11.5 Å². The largest absolute Gasteiger partial charge is 0.490 e. The number of carbonyl (C=O) groups excluding carboxylic acids is 1. The van der Waals surface area contributed by atoms with Crippen molar-refractivity contribution in [1.82, 2.24) is 14.0 Å². The van der Waals surface area contributed by atoms with E-state index in [1.165, 1.54) is 30.5 Å². The van der Waals surface area contributed by atoms with Crippen LogP contribution in [0.2, 0.25) is 5.02 Å². The molecule has 0 spiro atoms.